The quantitative estimate of drug-likeness (QED) is 0.411. The molecule has 1 aromatic heterocycles. The van der Waals surface area contributed by atoms with Crippen molar-refractivity contribution in [2.45, 2.75) is 39.7 Å². The number of aromatic nitrogens is 1. The summed E-state index contributed by atoms with van der Waals surface area (Å²) in [5, 5.41) is 21.1. The zero-order valence-corrected chi connectivity index (χ0v) is 16.5. The molecule has 0 saturated heterocycles. The molecule has 5 N–H and O–H groups in total. The maximum absolute atomic E-state index is 11.1. The summed E-state index contributed by atoms with van der Waals surface area (Å²) in [6.07, 6.45) is 1.59. The maximum atomic E-state index is 11.1. The van der Waals surface area contributed by atoms with Gasteiger partial charge in [0.05, 0.1) is 23.0 Å². The van der Waals surface area contributed by atoms with E-state index in [1.165, 1.54) is 18.3 Å². The number of nitrogens with zero attached hydrogens (tertiary/aromatic N) is 2. The van der Waals surface area contributed by atoms with Gasteiger partial charge < -0.3 is 21.9 Å². The normalized spacial score (nSPS) is 12.5. The lowest BCUT2D eigenvalue weighted by Gasteiger charge is -2.15. The number of benzene rings is 1. The molecule has 0 aliphatic carbocycles. The minimum Gasteiger partial charge on any atom is -0.388 e. The number of rotatable bonds is 8. The van der Waals surface area contributed by atoms with Crippen LogP contribution in [0.25, 0.3) is 0 Å². The summed E-state index contributed by atoms with van der Waals surface area (Å²) >= 11 is 1.42. The van der Waals surface area contributed by atoms with Gasteiger partial charge in [0.25, 0.3) is 0 Å². The van der Waals surface area contributed by atoms with Crippen molar-refractivity contribution in [3.05, 3.63) is 46.5 Å². The predicted molar refractivity (Wildman–Crippen MR) is 111 cm³/mol. The summed E-state index contributed by atoms with van der Waals surface area (Å²) in [5.41, 5.74) is 8.92. The lowest BCUT2D eigenvalue weighted by molar-refractivity contribution is -0.114. The van der Waals surface area contributed by atoms with Gasteiger partial charge in [0.15, 0.2) is 5.13 Å². The second-order valence-electron chi connectivity index (χ2n) is 6.28. The first-order chi connectivity index (χ1) is 12.8. The molecule has 0 radical (unpaired) electrons. The number of carbonyl (C=O) groups excluding carboxylic acids is 1. The van der Waals surface area contributed by atoms with Crippen LogP contribution in [0.1, 0.15) is 43.6 Å². The van der Waals surface area contributed by atoms with Gasteiger partial charge in [-0.15, -0.1) is 11.3 Å². The Labute approximate surface area is 162 Å². The highest BCUT2D eigenvalue weighted by Crippen LogP contribution is 2.21. The first-order valence-corrected chi connectivity index (χ1v) is 9.39. The molecule has 27 heavy (non-hydrogen) atoms. The molecule has 0 aliphatic rings. The molecular formula is C19H24N6OS. The molecule has 2 rings (SSSR count). The van der Waals surface area contributed by atoms with Crippen molar-refractivity contribution >= 4 is 39.6 Å². The van der Waals surface area contributed by atoms with E-state index >= 15 is 0 Å². The van der Waals surface area contributed by atoms with E-state index in [0.717, 1.165) is 29.7 Å². The number of hydrogen-bond donors (Lipinski definition) is 4. The monoisotopic (exact) mass is 384 g/mol. The van der Waals surface area contributed by atoms with Gasteiger partial charge in [-0.05, 0) is 37.8 Å². The average Bonchev–Trinajstić information content (AvgIpc) is 3.04. The van der Waals surface area contributed by atoms with E-state index in [9.17, 15) is 4.79 Å². The topological polar surface area (TPSA) is 128 Å². The van der Waals surface area contributed by atoms with Gasteiger partial charge in [0, 0.05) is 12.3 Å². The molecule has 1 heterocycles. The molecule has 0 spiro atoms. The fraction of sp³-hybridized carbons (Fsp3) is 0.316. The number of amidine groups is 1. The van der Waals surface area contributed by atoms with Gasteiger partial charge >= 0.3 is 0 Å². The Hall–Kier alpha value is -2.87. The van der Waals surface area contributed by atoms with Crippen LogP contribution in [-0.2, 0) is 17.6 Å². The van der Waals surface area contributed by atoms with Crippen molar-refractivity contribution in [2.24, 2.45) is 10.7 Å². The highest BCUT2D eigenvalue weighted by atomic mass is 32.1. The minimum atomic E-state index is -0.555. The summed E-state index contributed by atoms with van der Waals surface area (Å²) in [5.74, 6) is 0.260. The van der Waals surface area contributed by atoms with Gasteiger partial charge in [-0.2, -0.15) is 0 Å². The van der Waals surface area contributed by atoms with E-state index in [0.29, 0.717) is 11.0 Å². The number of nitrogens with one attached hydrogen (secondary N) is 3. The van der Waals surface area contributed by atoms with Crippen molar-refractivity contribution in [1.82, 2.24) is 4.98 Å². The average molecular weight is 385 g/mol. The second kappa shape index (κ2) is 9.18. The van der Waals surface area contributed by atoms with Crippen LogP contribution in [0.4, 0.5) is 5.13 Å². The Balaban J connectivity index is 2.06. The van der Waals surface area contributed by atoms with Crippen LogP contribution in [0.2, 0.25) is 0 Å². The molecule has 7 nitrogen and oxygen atoms in total. The highest BCUT2D eigenvalue weighted by Gasteiger charge is 2.18. The van der Waals surface area contributed by atoms with E-state index in [1.807, 2.05) is 29.6 Å². The lowest BCUT2D eigenvalue weighted by Crippen LogP contribution is -2.20. The fourth-order valence-electron chi connectivity index (χ4n) is 2.48. The summed E-state index contributed by atoms with van der Waals surface area (Å²) in [4.78, 5) is 19.7. The Morgan fingerprint density at radius 2 is 1.89 bits per heavy atom. The lowest BCUT2D eigenvalue weighted by atomic mass is 9.97. The summed E-state index contributed by atoms with van der Waals surface area (Å²) in [6.45, 7) is 4.72. The summed E-state index contributed by atoms with van der Waals surface area (Å²) in [7, 11) is 0. The van der Waals surface area contributed by atoms with E-state index in [-0.39, 0.29) is 17.3 Å². The van der Waals surface area contributed by atoms with Crippen LogP contribution in [-0.4, -0.2) is 28.2 Å². The van der Waals surface area contributed by atoms with Crippen molar-refractivity contribution < 1.29 is 4.79 Å². The Morgan fingerprint density at radius 1 is 1.22 bits per heavy atom. The van der Waals surface area contributed by atoms with Gasteiger partial charge in [-0.3, -0.25) is 9.79 Å². The molecule has 2 aromatic rings. The number of nitrogens with two attached hydrogens (primary N) is 1. The first-order valence-electron chi connectivity index (χ1n) is 8.51. The van der Waals surface area contributed by atoms with Gasteiger partial charge in [0.1, 0.15) is 6.04 Å². The highest BCUT2D eigenvalue weighted by molar-refractivity contribution is 7.13. The summed E-state index contributed by atoms with van der Waals surface area (Å²) in [6, 6.07) is 7.29. The maximum Gasteiger partial charge on any atom is 0.223 e. The molecule has 8 heteroatoms. The van der Waals surface area contributed by atoms with E-state index in [1.54, 1.807) is 13.8 Å². The van der Waals surface area contributed by atoms with Crippen molar-refractivity contribution in [3.8, 4) is 0 Å². The van der Waals surface area contributed by atoms with Crippen LogP contribution in [0.3, 0.4) is 0 Å². The third-order valence-electron chi connectivity index (χ3n) is 3.81. The zero-order chi connectivity index (χ0) is 20.0. The molecule has 1 atom stereocenters. The molecule has 0 aliphatic heterocycles. The van der Waals surface area contributed by atoms with Gasteiger partial charge in [0.2, 0.25) is 5.91 Å². The number of aryl methyl sites for hydroxylation is 2. The third-order valence-corrected chi connectivity index (χ3v) is 4.62. The van der Waals surface area contributed by atoms with Crippen LogP contribution in [0.15, 0.2) is 34.6 Å². The fourth-order valence-corrected chi connectivity index (χ4v) is 3.27. The molecule has 0 fully saturated rings. The van der Waals surface area contributed by atoms with Crippen molar-refractivity contribution in [3.63, 3.8) is 0 Å². The predicted octanol–water partition coefficient (Wildman–Crippen LogP) is 3.36. The van der Waals surface area contributed by atoms with Crippen molar-refractivity contribution in [1.29, 1.82) is 10.8 Å². The smallest absolute Gasteiger partial charge is 0.223 e. The van der Waals surface area contributed by atoms with E-state index in [2.05, 4.69) is 15.3 Å². The zero-order valence-electron chi connectivity index (χ0n) is 15.7. The van der Waals surface area contributed by atoms with Gasteiger partial charge in [-0.25, -0.2) is 4.98 Å². The molecule has 0 bridgehead atoms. The van der Waals surface area contributed by atoms with E-state index < -0.39 is 6.04 Å². The van der Waals surface area contributed by atoms with Crippen LogP contribution < -0.4 is 11.1 Å². The summed E-state index contributed by atoms with van der Waals surface area (Å²) < 4.78 is 0. The van der Waals surface area contributed by atoms with Crippen LogP contribution in [0, 0.1) is 10.8 Å². The second-order valence-corrected chi connectivity index (χ2v) is 7.14. The minimum absolute atomic E-state index is 0.123. The number of thiazole rings is 1. The molecule has 1 unspecified atom stereocenters. The number of hydrogen-bond acceptors (Lipinski definition) is 6. The standard InChI is InChI=1S/C19H24N6OS/c1-11(20)17(22)18(23-12(2)21)15-7-4-14(5-8-15)6-9-16-10-27-19(25-16)24-13(3)26/h4-5,7-8,10,18,20,22H,6,9H2,1-3H3,(H2,21,23)(H,24,25,26). The van der Waals surface area contributed by atoms with Crippen molar-refractivity contribution in [2.75, 3.05) is 5.32 Å². The van der Waals surface area contributed by atoms with Gasteiger partial charge in [-0.1, -0.05) is 24.3 Å². The number of aliphatic imine (C=N–C) groups is 1. The largest absolute Gasteiger partial charge is 0.388 e. The first kappa shape index (κ1) is 20.4. The molecule has 142 valence electrons. The molecular weight excluding hydrogens is 360 g/mol. The SMILES string of the molecule is CC(=N)C(=N)C(N=C(C)N)c1ccc(CCc2csc(NC(C)=O)n2)cc1. The molecule has 1 amide bonds. The Kier molecular flexibility index (Phi) is 6.95. The van der Waals surface area contributed by atoms with E-state index in [4.69, 9.17) is 16.6 Å². The Bertz CT molecular complexity index is 865. The Morgan fingerprint density at radius 3 is 2.44 bits per heavy atom. The number of anilines is 1. The van der Waals surface area contributed by atoms with Crippen LogP contribution in [0.5, 0.6) is 0 Å². The van der Waals surface area contributed by atoms with Crippen LogP contribution >= 0.6 is 11.3 Å². The number of carbonyl (C=O) groups is 1. The third kappa shape index (κ3) is 6.10. The molecule has 1 aromatic carbocycles. The molecule has 0 saturated carbocycles. The number of amides is 1.